The predicted octanol–water partition coefficient (Wildman–Crippen LogP) is 1.30. The minimum atomic E-state index is -0.180. The second-order valence-electron chi connectivity index (χ2n) is 5.08. The number of rotatable bonds is 10. The molecule has 1 amide bonds. The first-order chi connectivity index (χ1) is 11.2. The molecule has 0 saturated heterocycles. The number of carbonyl (C=O) groups is 1. The Hall–Kier alpha value is -2.02. The Morgan fingerprint density at radius 2 is 2.04 bits per heavy atom. The lowest BCUT2D eigenvalue weighted by molar-refractivity contribution is 0.0925. The molecular formula is C16H28N4O3. The third-order valence-corrected chi connectivity index (χ3v) is 3.12. The van der Waals surface area contributed by atoms with Gasteiger partial charge in [-0.3, -0.25) is 9.79 Å². The fraction of sp³-hybridized carbons (Fsp3) is 0.625. The second kappa shape index (κ2) is 11.5. The number of nitrogens with zero attached hydrogens (tertiary/aromatic N) is 1. The van der Waals surface area contributed by atoms with Gasteiger partial charge in [-0.25, -0.2) is 0 Å². The molecule has 0 fully saturated rings. The average Bonchev–Trinajstić information content (AvgIpc) is 2.97. The summed E-state index contributed by atoms with van der Waals surface area (Å²) in [6.07, 6.45) is 3.21. The predicted molar refractivity (Wildman–Crippen MR) is 90.9 cm³/mol. The number of aryl methyl sites for hydroxylation is 1. The lowest BCUT2D eigenvalue weighted by Crippen LogP contribution is -2.38. The zero-order chi connectivity index (χ0) is 16.9. The maximum Gasteiger partial charge on any atom is 0.287 e. The van der Waals surface area contributed by atoms with E-state index >= 15 is 0 Å². The average molecular weight is 324 g/mol. The van der Waals surface area contributed by atoms with Crippen molar-refractivity contribution in [3.63, 3.8) is 0 Å². The van der Waals surface area contributed by atoms with Gasteiger partial charge in [0.1, 0.15) is 0 Å². The number of furan rings is 1. The summed E-state index contributed by atoms with van der Waals surface area (Å²) in [4.78, 5) is 16.3. The topological polar surface area (TPSA) is 87.9 Å². The van der Waals surface area contributed by atoms with E-state index in [1.807, 2.05) is 13.8 Å². The van der Waals surface area contributed by atoms with Crippen molar-refractivity contribution in [1.82, 2.24) is 16.0 Å². The highest BCUT2D eigenvalue weighted by molar-refractivity contribution is 5.92. The molecule has 23 heavy (non-hydrogen) atoms. The van der Waals surface area contributed by atoms with Crippen LogP contribution in [0.3, 0.4) is 0 Å². The van der Waals surface area contributed by atoms with Crippen molar-refractivity contribution < 1.29 is 13.9 Å². The Bertz CT molecular complexity index is 485. The Labute approximate surface area is 137 Å². The molecule has 0 atom stereocenters. The van der Waals surface area contributed by atoms with Gasteiger partial charge in [0.25, 0.3) is 5.91 Å². The number of hydrogen-bond acceptors (Lipinski definition) is 4. The maximum atomic E-state index is 11.9. The van der Waals surface area contributed by atoms with Gasteiger partial charge in [-0.15, -0.1) is 0 Å². The molecule has 1 aromatic heterocycles. The standard InChI is InChI=1S/C16H28N4O3/c1-4-17-16(20-10-6-11-22-3)19-9-5-8-18-15(21)14-13(2)7-12-23-14/h7,12H,4-6,8-11H2,1-3H3,(H,18,21)(H2,17,19,20). The number of carbonyl (C=O) groups excluding carboxylic acids is 1. The third-order valence-electron chi connectivity index (χ3n) is 3.12. The molecule has 1 heterocycles. The Kier molecular flexibility index (Phi) is 9.54. The number of nitrogens with one attached hydrogen (secondary N) is 3. The molecule has 0 unspecified atom stereocenters. The van der Waals surface area contributed by atoms with Gasteiger partial charge >= 0.3 is 0 Å². The second-order valence-corrected chi connectivity index (χ2v) is 5.08. The van der Waals surface area contributed by atoms with E-state index in [2.05, 4.69) is 20.9 Å². The van der Waals surface area contributed by atoms with Crippen molar-refractivity contribution in [2.75, 3.05) is 39.9 Å². The third kappa shape index (κ3) is 7.69. The summed E-state index contributed by atoms with van der Waals surface area (Å²) in [6.45, 7) is 7.42. The molecule has 130 valence electrons. The van der Waals surface area contributed by atoms with E-state index < -0.39 is 0 Å². The molecule has 7 heteroatoms. The number of guanidine groups is 1. The molecule has 0 saturated carbocycles. The van der Waals surface area contributed by atoms with Crippen LogP contribution < -0.4 is 16.0 Å². The summed E-state index contributed by atoms with van der Waals surface area (Å²) in [6, 6.07) is 1.77. The molecule has 7 nitrogen and oxygen atoms in total. The van der Waals surface area contributed by atoms with Crippen LogP contribution in [-0.2, 0) is 4.74 Å². The first-order valence-electron chi connectivity index (χ1n) is 8.02. The molecule has 0 aliphatic heterocycles. The maximum absolute atomic E-state index is 11.9. The van der Waals surface area contributed by atoms with Crippen LogP contribution in [0.2, 0.25) is 0 Å². The first-order valence-corrected chi connectivity index (χ1v) is 8.02. The molecular weight excluding hydrogens is 296 g/mol. The zero-order valence-electron chi connectivity index (χ0n) is 14.3. The van der Waals surface area contributed by atoms with Crippen LogP contribution in [0.4, 0.5) is 0 Å². The van der Waals surface area contributed by atoms with E-state index in [1.165, 1.54) is 6.26 Å². The monoisotopic (exact) mass is 324 g/mol. The van der Waals surface area contributed by atoms with E-state index in [9.17, 15) is 4.79 Å². The Morgan fingerprint density at radius 3 is 2.70 bits per heavy atom. The van der Waals surface area contributed by atoms with E-state index in [0.717, 1.165) is 44.1 Å². The zero-order valence-corrected chi connectivity index (χ0v) is 14.3. The van der Waals surface area contributed by atoms with Crippen molar-refractivity contribution in [2.24, 2.45) is 4.99 Å². The number of amides is 1. The summed E-state index contributed by atoms with van der Waals surface area (Å²) in [5.41, 5.74) is 0.843. The fourth-order valence-corrected chi connectivity index (χ4v) is 1.92. The highest BCUT2D eigenvalue weighted by atomic mass is 16.5. The van der Waals surface area contributed by atoms with Crippen molar-refractivity contribution in [3.05, 3.63) is 23.7 Å². The number of ether oxygens (including phenoxy) is 1. The van der Waals surface area contributed by atoms with Crippen molar-refractivity contribution in [1.29, 1.82) is 0 Å². The molecule has 0 aliphatic rings. The van der Waals surface area contributed by atoms with Crippen molar-refractivity contribution in [3.8, 4) is 0 Å². The largest absolute Gasteiger partial charge is 0.459 e. The van der Waals surface area contributed by atoms with Gasteiger partial charge in [0, 0.05) is 45.5 Å². The summed E-state index contributed by atoms with van der Waals surface area (Å²) in [5, 5.41) is 9.26. The van der Waals surface area contributed by atoms with Gasteiger partial charge in [-0.2, -0.15) is 0 Å². The number of methoxy groups -OCH3 is 1. The Balaban J connectivity index is 2.23. The summed E-state index contributed by atoms with van der Waals surface area (Å²) < 4.78 is 10.2. The van der Waals surface area contributed by atoms with E-state index in [1.54, 1.807) is 13.2 Å². The van der Waals surface area contributed by atoms with E-state index in [0.29, 0.717) is 18.8 Å². The van der Waals surface area contributed by atoms with Crippen LogP contribution in [0.25, 0.3) is 0 Å². The minimum Gasteiger partial charge on any atom is -0.459 e. The lowest BCUT2D eigenvalue weighted by Gasteiger charge is -2.11. The lowest BCUT2D eigenvalue weighted by atomic mass is 10.2. The summed E-state index contributed by atoms with van der Waals surface area (Å²) >= 11 is 0. The van der Waals surface area contributed by atoms with Crippen LogP contribution in [0.15, 0.2) is 21.7 Å². The highest BCUT2D eigenvalue weighted by Gasteiger charge is 2.11. The van der Waals surface area contributed by atoms with Crippen LogP contribution in [0.5, 0.6) is 0 Å². The van der Waals surface area contributed by atoms with Crippen molar-refractivity contribution in [2.45, 2.75) is 26.7 Å². The van der Waals surface area contributed by atoms with Crippen LogP contribution in [-0.4, -0.2) is 51.8 Å². The SMILES string of the molecule is CCNC(=NCCCNC(=O)c1occc1C)NCCCOC. The molecule has 0 radical (unpaired) electrons. The van der Waals surface area contributed by atoms with E-state index in [-0.39, 0.29) is 5.91 Å². The summed E-state index contributed by atoms with van der Waals surface area (Å²) in [7, 11) is 1.69. The van der Waals surface area contributed by atoms with Crippen molar-refractivity contribution >= 4 is 11.9 Å². The summed E-state index contributed by atoms with van der Waals surface area (Å²) in [5.74, 6) is 0.986. The van der Waals surface area contributed by atoms with E-state index in [4.69, 9.17) is 9.15 Å². The molecule has 0 bridgehead atoms. The quantitative estimate of drug-likeness (QED) is 0.343. The molecule has 3 N–H and O–H groups in total. The van der Waals surface area contributed by atoms with Gasteiger partial charge in [-0.05, 0) is 32.8 Å². The minimum absolute atomic E-state index is 0.180. The van der Waals surface area contributed by atoms with Gasteiger partial charge in [-0.1, -0.05) is 0 Å². The fourth-order valence-electron chi connectivity index (χ4n) is 1.92. The van der Waals surface area contributed by atoms with Gasteiger partial charge in [0.15, 0.2) is 11.7 Å². The number of aliphatic imine (C=N–C) groups is 1. The molecule has 1 aromatic rings. The smallest absolute Gasteiger partial charge is 0.287 e. The van der Waals surface area contributed by atoms with Crippen LogP contribution >= 0.6 is 0 Å². The molecule has 1 rings (SSSR count). The highest BCUT2D eigenvalue weighted by Crippen LogP contribution is 2.07. The van der Waals surface area contributed by atoms with Gasteiger partial charge in [0.2, 0.25) is 0 Å². The van der Waals surface area contributed by atoms with Crippen LogP contribution in [0.1, 0.15) is 35.9 Å². The van der Waals surface area contributed by atoms with Crippen LogP contribution in [0, 0.1) is 6.92 Å². The first kappa shape index (κ1) is 19.0. The molecule has 0 spiro atoms. The van der Waals surface area contributed by atoms with Gasteiger partial charge < -0.3 is 25.1 Å². The molecule has 0 aromatic carbocycles. The Morgan fingerprint density at radius 1 is 1.26 bits per heavy atom. The normalized spacial score (nSPS) is 11.3. The number of hydrogen-bond donors (Lipinski definition) is 3. The van der Waals surface area contributed by atoms with Gasteiger partial charge in [0.05, 0.1) is 6.26 Å². The molecule has 0 aliphatic carbocycles.